The highest BCUT2D eigenvalue weighted by Crippen LogP contribution is 2.23. The van der Waals surface area contributed by atoms with Crippen molar-refractivity contribution in [1.29, 1.82) is 0 Å². The van der Waals surface area contributed by atoms with Gasteiger partial charge < -0.3 is 5.73 Å². The van der Waals surface area contributed by atoms with Crippen LogP contribution in [0.25, 0.3) is 0 Å². The van der Waals surface area contributed by atoms with Crippen molar-refractivity contribution in [2.45, 2.75) is 59.0 Å². The predicted molar refractivity (Wildman–Crippen MR) is 84.4 cm³/mol. The maximum atomic E-state index is 11.9. The van der Waals surface area contributed by atoms with E-state index in [-0.39, 0.29) is 11.9 Å². The van der Waals surface area contributed by atoms with Gasteiger partial charge in [0.05, 0.1) is 0 Å². The summed E-state index contributed by atoms with van der Waals surface area (Å²) in [6.45, 7) is 10.4. The van der Waals surface area contributed by atoms with E-state index >= 15 is 0 Å². The Kier molecular flexibility index (Phi) is 5.75. The summed E-state index contributed by atoms with van der Waals surface area (Å²) in [4.78, 5) is 11.9. The molecule has 0 saturated heterocycles. The molecule has 0 spiro atoms. The lowest BCUT2D eigenvalue weighted by Gasteiger charge is -2.31. The van der Waals surface area contributed by atoms with Crippen LogP contribution in [0.2, 0.25) is 0 Å². The van der Waals surface area contributed by atoms with Crippen LogP contribution in [0.4, 0.5) is 0 Å². The molecule has 1 aromatic rings. The fourth-order valence-electron chi connectivity index (χ4n) is 2.34. The van der Waals surface area contributed by atoms with Crippen LogP contribution in [0.3, 0.4) is 0 Å². The third-order valence-electron chi connectivity index (χ3n) is 3.82. The molecule has 0 fully saturated rings. The summed E-state index contributed by atoms with van der Waals surface area (Å²) in [6.07, 6.45) is 2.00. The molecule has 3 heteroatoms. The van der Waals surface area contributed by atoms with Gasteiger partial charge in [0, 0.05) is 6.04 Å². The van der Waals surface area contributed by atoms with Crippen LogP contribution in [-0.4, -0.2) is 11.9 Å². The number of hydrogen-bond acceptors (Lipinski definition) is 2. The molecule has 1 amide bonds. The predicted octanol–water partition coefficient (Wildman–Crippen LogP) is 2.97. The number of carbonyl (C=O) groups is 1. The van der Waals surface area contributed by atoms with Crippen LogP contribution in [0.15, 0.2) is 24.3 Å². The Hall–Kier alpha value is -1.35. The minimum atomic E-state index is -0.814. The number of hydrogen-bond donors (Lipinski definition) is 2. The molecule has 0 heterocycles. The summed E-state index contributed by atoms with van der Waals surface area (Å²) < 4.78 is 0. The van der Waals surface area contributed by atoms with E-state index < -0.39 is 5.54 Å². The summed E-state index contributed by atoms with van der Waals surface area (Å²) in [5.41, 5.74) is 7.03. The molecule has 2 atom stereocenters. The van der Waals surface area contributed by atoms with Crippen molar-refractivity contribution in [2.75, 3.05) is 0 Å². The number of nitrogens with two attached hydrogens (primary N) is 1. The molecular weight excluding hydrogens is 248 g/mol. The second-order valence-corrected chi connectivity index (χ2v) is 6.24. The van der Waals surface area contributed by atoms with Crippen LogP contribution < -0.4 is 11.1 Å². The van der Waals surface area contributed by atoms with E-state index in [0.29, 0.717) is 5.92 Å². The molecule has 0 aliphatic carbocycles. The van der Waals surface area contributed by atoms with Crippen molar-refractivity contribution in [2.24, 2.45) is 11.7 Å². The monoisotopic (exact) mass is 276 g/mol. The maximum Gasteiger partial charge on any atom is 0.242 e. The Morgan fingerprint density at radius 1 is 1.25 bits per heavy atom. The van der Waals surface area contributed by atoms with Crippen LogP contribution in [0, 0.1) is 5.92 Å². The van der Waals surface area contributed by atoms with Gasteiger partial charge >= 0.3 is 0 Å². The average molecular weight is 276 g/mol. The van der Waals surface area contributed by atoms with Gasteiger partial charge in [-0.15, -0.1) is 0 Å². The van der Waals surface area contributed by atoms with E-state index in [0.717, 1.165) is 18.4 Å². The van der Waals surface area contributed by atoms with Gasteiger partial charge in [0.15, 0.2) is 0 Å². The van der Waals surface area contributed by atoms with Gasteiger partial charge in [0.2, 0.25) is 5.91 Å². The molecule has 0 saturated carbocycles. The average Bonchev–Trinajstić information content (AvgIpc) is 2.38. The van der Waals surface area contributed by atoms with E-state index in [1.807, 2.05) is 19.1 Å². The molecule has 0 aromatic heterocycles. The molecule has 3 N–H and O–H groups in total. The van der Waals surface area contributed by atoms with Crippen molar-refractivity contribution < 1.29 is 4.79 Å². The summed E-state index contributed by atoms with van der Waals surface area (Å²) >= 11 is 0. The molecular formula is C17H28N2O. The first-order chi connectivity index (χ1) is 9.29. The third-order valence-corrected chi connectivity index (χ3v) is 3.82. The Balaban J connectivity index is 3.00. The maximum absolute atomic E-state index is 11.9. The molecule has 0 aliphatic heterocycles. The van der Waals surface area contributed by atoms with E-state index in [4.69, 9.17) is 5.73 Å². The zero-order valence-electron chi connectivity index (χ0n) is 13.4. The molecule has 3 nitrogen and oxygen atoms in total. The van der Waals surface area contributed by atoms with Gasteiger partial charge in [-0.3, -0.25) is 10.1 Å². The largest absolute Gasteiger partial charge is 0.368 e. The van der Waals surface area contributed by atoms with Gasteiger partial charge in [0.25, 0.3) is 0 Å². The first kappa shape index (κ1) is 16.7. The van der Waals surface area contributed by atoms with E-state index in [1.165, 1.54) is 5.56 Å². The van der Waals surface area contributed by atoms with Crippen molar-refractivity contribution in [1.82, 2.24) is 5.32 Å². The van der Waals surface area contributed by atoms with Crippen LogP contribution in [-0.2, 0) is 16.8 Å². The van der Waals surface area contributed by atoms with Gasteiger partial charge in [0.1, 0.15) is 5.54 Å². The quantitative estimate of drug-likeness (QED) is 0.804. The standard InChI is InChI=1S/C17H28N2O/c1-6-13(4)19-17(5,16(18)20)15-9-7-14(8-10-15)11-12(2)3/h7-10,12-13,19H,6,11H2,1-5H3,(H2,18,20). The summed E-state index contributed by atoms with van der Waals surface area (Å²) in [5.74, 6) is 0.288. The van der Waals surface area contributed by atoms with Gasteiger partial charge in [-0.05, 0) is 43.7 Å². The number of carbonyl (C=O) groups excluding carboxylic acids is 1. The Bertz CT molecular complexity index is 439. The fraction of sp³-hybridized carbons (Fsp3) is 0.588. The van der Waals surface area contributed by atoms with Gasteiger partial charge in [-0.25, -0.2) is 0 Å². The zero-order valence-corrected chi connectivity index (χ0v) is 13.4. The highest BCUT2D eigenvalue weighted by Gasteiger charge is 2.33. The van der Waals surface area contributed by atoms with Crippen molar-refractivity contribution in [3.8, 4) is 0 Å². The molecule has 112 valence electrons. The fourth-order valence-corrected chi connectivity index (χ4v) is 2.34. The summed E-state index contributed by atoms with van der Waals surface area (Å²) in [7, 11) is 0. The van der Waals surface area contributed by atoms with Gasteiger partial charge in [-0.1, -0.05) is 45.0 Å². The number of benzene rings is 1. The normalized spacial score (nSPS) is 15.9. The second kappa shape index (κ2) is 6.89. The third kappa shape index (κ3) is 4.07. The van der Waals surface area contributed by atoms with E-state index in [1.54, 1.807) is 0 Å². The van der Waals surface area contributed by atoms with E-state index in [2.05, 4.69) is 45.1 Å². The lowest BCUT2D eigenvalue weighted by Crippen LogP contribution is -2.53. The molecule has 0 radical (unpaired) electrons. The first-order valence-electron chi connectivity index (χ1n) is 7.46. The lowest BCUT2D eigenvalue weighted by molar-refractivity contribution is -0.124. The first-order valence-corrected chi connectivity index (χ1v) is 7.46. The minimum absolute atomic E-state index is 0.239. The molecule has 20 heavy (non-hydrogen) atoms. The van der Waals surface area contributed by atoms with Crippen LogP contribution in [0.5, 0.6) is 0 Å². The lowest BCUT2D eigenvalue weighted by atomic mass is 9.88. The number of primary amides is 1. The SMILES string of the molecule is CCC(C)NC(C)(C(N)=O)c1ccc(CC(C)C)cc1. The smallest absolute Gasteiger partial charge is 0.242 e. The van der Waals surface area contributed by atoms with Crippen molar-refractivity contribution >= 4 is 5.91 Å². The van der Waals surface area contributed by atoms with E-state index in [9.17, 15) is 4.79 Å². The topological polar surface area (TPSA) is 55.1 Å². The summed E-state index contributed by atoms with van der Waals surface area (Å²) in [6, 6.07) is 8.45. The highest BCUT2D eigenvalue weighted by atomic mass is 16.1. The van der Waals surface area contributed by atoms with Gasteiger partial charge in [-0.2, -0.15) is 0 Å². The Labute approximate surface area is 122 Å². The van der Waals surface area contributed by atoms with Crippen molar-refractivity contribution in [3.63, 3.8) is 0 Å². The molecule has 2 unspecified atom stereocenters. The zero-order chi connectivity index (χ0) is 15.3. The Morgan fingerprint density at radius 3 is 2.20 bits per heavy atom. The molecule has 0 bridgehead atoms. The molecule has 0 aliphatic rings. The number of amides is 1. The minimum Gasteiger partial charge on any atom is -0.368 e. The van der Waals surface area contributed by atoms with Crippen LogP contribution >= 0.6 is 0 Å². The number of nitrogens with one attached hydrogen (secondary N) is 1. The van der Waals surface area contributed by atoms with Crippen molar-refractivity contribution in [3.05, 3.63) is 35.4 Å². The Morgan fingerprint density at radius 2 is 1.80 bits per heavy atom. The molecule has 1 rings (SSSR count). The second-order valence-electron chi connectivity index (χ2n) is 6.24. The van der Waals surface area contributed by atoms with Crippen LogP contribution in [0.1, 0.15) is 52.2 Å². The molecule has 1 aromatic carbocycles. The summed E-state index contributed by atoms with van der Waals surface area (Å²) in [5, 5.41) is 3.34. The highest BCUT2D eigenvalue weighted by molar-refractivity contribution is 5.85. The number of rotatable bonds is 7.